The maximum absolute atomic E-state index is 15.0. The molecule has 6 heteroatoms. The highest BCUT2D eigenvalue weighted by Gasteiger charge is 2.27. The SMILES string of the molecule is C/C=C/C1CCC(c2ccc(-c3ccc(OCC4=CCC(OCC)C(F)=C4F)cc3)c(F)c2F)CC1. The maximum Gasteiger partial charge on any atom is 0.166 e. The van der Waals surface area contributed by atoms with E-state index in [1.807, 2.05) is 6.92 Å². The van der Waals surface area contributed by atoms with Gasteiger partial charge in [-0.05, 0) is 81.0 Å². The Bertz CT molecular complexity index is 1140. The number of hydrogen-bond donors (Lipinski definition) is 0. The highest BCUT2D eigenvalue weighted by molar-refractivity contribution is 5.65. The highest BCUT2D eigenvalue weighted by atomic mass is 19.2. The van der Waals surface area contributed by atoms with Crippen LogP contribution in [0.4, 0.5) is 17.6 Å². The molecule has 2 aliphatic carbocycles. The van der Waals surface area contributed by atoms with Crippen LogP contribution in [-0.2, 0) is 4.74 Å². The molecule has 2 aliphatic rings. The second-order valence-electron chi connectivity index (χ2n) is 9.35. The van der Waals surface area contributed by atoms with Crippen molar-refractivity contribution in [2.75, 3.05) is 13.2 Å². The number of allylic oxidation sites excluding steroid dienone is 2. The molecule has 0 heterocycles. The second kappa shape index (κ2) is 11.9. The summed E-state index contributed by atoms with van der Waals surface area (Å²) in [4.78, 5) is 0. The molecular weight excluding hydrogens is 468 g/mol. The Kier molecular flexibility index (Phi) is 8.68. The standard InChI is InChI=1S/C30H32F4O2/c1-3-5-19-6-8-20(9-7-19)24-15-16-25(29(33)28(24)32)21-10-13-23(14-11-21)36-18-22-12-17-26(35-4-2)30(34)27(22)31/h3,5,10-16,19-20,26H,4,6-9,17-18H2,1-2H3/b5-3+. The predicted molar refractivity (Wildman–Crippen MR) is 134 cm³/mol. The average Bonchev–Trinajstić information content (AvgIpc) is 2.89. The quantitative estimate of drug-likeness (QED) is 0.266. The molecule has 0 saturated heterocycles. The van der Waals surface area contributed by atoms with E-state index >= 15 is 8.78 Å². The van der Waals surface area contributed by atoms with Crippen LogP contribution < -0.4 is 4.74 Å². The lowest BCUT2D eigenvalue weighted by atomic mass is 9.78. The first-order chi connectivity index (χ1) is 17.4. The van der Waals surface area contributed by atoms with E-state index in [1.54, 1.807) is 49.4 Å². The first-order valence-corrected chi connectivity index (χ1v) is 12.6. The Balaban J connectivity index is 1.41. The van der Waals surface area contributed by atoms with E-state index in [-0.39, 0.29) is 30.1 Å². The number of rotatable bonds is 8. The van der Waals surface area contributed by atoms with Gasteiger partial charge < -0.3 is 9.47 Å². The molecule has 2 aromatic carbocycles. The van der Waals surface area contributed by atoms with Gasteiger partial charge in [-0.3, -0.25) is 0 Å². The number of halogens is 4. The van der Waals surface area contributed by atoms with E-state index in [9.17, 15) is 8.78 Å². The molecule has 36 heavy (non-hydrogen) atoms. The third-order valence-electron chi connectivity index (χ3n) is 7.07. The van der Waals surface area contributed by atoms with E-state index in [0.29, 0.717) is 29.4 Å². The van der Waals surface area contributed by atoms with Crippen LogP contribution >= 0.6 is 0 Å². The van der Waals surface area contributed by atoms with E-state index in [1.165, 1.54) is 0 Å². The van der Waals surface area contributed by atoms with Crippen molar-refractivity contribution in [2.24, 2.45) is 5.92 Å². The Morgan fingerprint density at radius 3 is 2.31 bits per heavy atom. The fourth-order valence-corrected chi connectivity index (χ4v) is 5.09. The number of benzene rings is 2. The topological polar surface area (TPSA) is 18.5 Å². The second-order valence-corrected chi connectivity index (χ2v) is 9.35. The van der Waals surface area contributed by atoms with E-state index < -0.39 is 29.4 Å². The first kappa shape index (κ1) is 26.2. The summed E-state index contributed by atoms with van der Waals surface area (Å²) in [6, 6.07) is 9.80. The van der Waals surface area contributed by atoms with Crippen molar-refractivity contribution in [2.45, 2.75) is 58.0 Å². The minimum absolute atomic E-state index is 0.0306. The van der Waals surface area contributed by atoms with Crippen LogP contribution in [0.3, 0.4) is 0 Å². The zero-order chi connectivity index (χ0) is 25.7. The van der Waals surface area contributed by atoms with Gasteiger partial charge in [-0.15, -0.1) is 0 Å². The molecule has 0 spiro atoms. The maximum atomic E-state index is 15.0. The van der Waals surface area contributed by atoms with Gasteiger partial charge in [0, 0.05) is 17.7 Å². The van der Waals surface area contributed by atoms with Crippen LogP contribution in [-0.4, -0.2) is 19.3 Å². The molecule has 0 aromatic heterocycles. The molecule has 1 fully saturated rings. The van der Waals surface area contributed by atoms with Crippen LogP contribution in [0.2, 0.25) is 0 Å². The lowest BCUT2D eigenvalue weighted by Crippen LogP contribution is -2.19. The summed E-state index contributed by atoms with van der Waals surface area (Å²) in [6.45, 7) is 3.88. The lowest BCUT2D eigenvalue weighted by molar-refractivity contribution is 0.0695. The third-order valence-corrected chi connectivity index (χ3v) is 7.07. The summed E-state index contributed by atoms with van der Waals surface area (Å²) in [5, 5.41) is 0. The molecule has 2 nitrogen and oxygen atoms in total. The van der Waals surface area contributed by atoms with Crippen LogP contribution in [0.5, 0.6) is 5.75 Å². The van der Waals surface area contributed by atoms with Gasteiger partial charge in [0.2, 0.25) is 0 Å². The van der Waals surface area contributed by atoms with Crippen LogP contribution in [0.1, 0.15) is 57.4 Å². The fraction of sp³-hybridized carbons (Fsp3) is 0.400. The van der Waals surface area contributed by atoms with Gasteiger partial charge in [-0.2, -0.15) is 0 Å². The smallest absolute Gasteiger partial charge is 0.166 e. The lowest BCUT2D eigenvalue weighted by Gasteiger charge is -2.27. The fourth-order valence-electron chi connectivity index (χ4n) is 5.09. The van der Waals surface area contributed by atoms with Gasteiger partial charge >= 0.3 is 0 Å². The van der Waals surface area contributed by atoms with Crippen LogP contribution in [0, 0.1) is 17.6 Å². The molecule has 4 rings (SSSR count). The van der Waals surface area contributed by atoms with Crippen molar-refractivity contribution in [3.63, 3.8) is 0 Å². The molecular formula is C30H32F4O2. The highest BCUT2D eigenvalue weighted by Crippen LogP contribution is 2.39. The Morgan fingerprint density at radius 2 is 1.64 bits per heavy atom. The number of hydrogen-bond acceptors (Lipinski definition) is 2. The Labute approximate surface area is 210 Å². The summed E-state index contributed by atoms with van der Waals surface area (Å²) in [7, 11) is 0. The Morgan fingerprint density at radius 1 is 0.917 bits per heavy atom. The van der Waals surface area contributed by atoms with Gasteiger partial charge in [0.25, 0.3) is 0 Å². The third kappa shape index (κ3) is 5.75. The molecule has 192 valence electrons. The van der Waals surface area contributed by atoms with E-state index in [2.05, 4.69) is 12.2 Å². The summed E-state index contributed by atoms with van der Waals surface area (Å²) >= 11 is 0. The van der Waals surface area contributed by atoms with Gasteiger partial charge in [0.1, 0.15) is 18.5 Å². The molecule has 1 unspecified atom stereocenters. The molecule has 1 atom stereocenters. The molecule has 0 N–H and O–H groups in total. The molecule has 0 aliphatic heterocycles. The zero-order valence-corrected chi connectivity index (χ0v) is 20.7. The molecule has 1 saturated carbocycles. The molecule has 2 aromatic rings. The van der Waals surface area contributed by atoms with Crippen molar-refractivity contribution in [3.8, 4) is 16.9 Å². The van der Waals surface area contributed by atoms with Crippen molar-refractivity contribution in [1.29, 1.82) is 0 Å². The molecule has 0 radical (unpaired) electrons. The van der Waals surface area contributed by atoms with Crippen LogP contribution in [0.25, 0.3) is 11.1 Å². The van der Waals surface area contributed by atoms with Crippen molar-refractivity contribution in [1.82, 2.24) is 0 Å². The largest absolute Gasteiger partial charge is 0.489 e. The first-order valence-electron chi connectivity index (χ1n) is 12.6. The predicted octanol–water partition coefficient (Wildman–Crippen LogP) is 8.75. The van der Waals surface area contributed by atoms with Gasteiger partial charge in [0.05, 0.1) is 0 Å². The monoisotopic (exact) mass is 500 g/mol. The summed E-state index contributed by atoms with van der Waals surface area (Å²) in [6.07, 6.45) is 8.81. The normalized spacial score (nSPS) is 22.7. The van der Waals surface area contributed by atoms with Crippen molar-refractivity contribution >= 4 is 0 Å². The number of ether oxygens (including phenoxy) is 2. The minimum Gasteiger partial charge on any atom is -0.489 e. The minimum atomic E-state index is -0.954. The summed E-state index contributed by atoms with van der Waals surface area (Å²) in [5.74, 6) is -2.54. The van der Waals surface area contributed by atoms with Crippen LogP contribution in [0.15, 0.2) is 71.9 Å². The van der Waals surface area contributed by atoms with E-state index in [0.717, 1.165) is 25.7 Å². The summed E-state index contributed by atoms with van der Waals surface area (Å²) in [5.41, 5.74) is 1.26. The van der Waals surface area contributed by atoms with Gasteiger partial charge in [0.15, 0.2) is 23.3 Å². The zero-order valence-electron chi connectivity index (χ0n) is 20.7. The summed E-state index contributed by atoms with van der Waals surface area (Å²) < 4.78 is 69.3. The van der Waals surface area contributed by atoms with Crippen molar-refractivity contribution in [3.05, 3.63) is 89.1 Å². The molecule has 0 bridgehead atoms. The molecule has 0 amide bonds. The van der Waals surface area contributed by atoms with Gasteiger partial charge in [-0.25, -0.2) is 17.6 Å². The Hall–Kier alpha value is -2.86. The average molecular weight is 501 g/mol. The van der Waals surface area contributed by atoms with E-state index in [4.69, 9.17) is 9.47 Å². The van der Waals surface area contributed by atoms with Crippen molar-refractivity contribution < 1.29 is 27.0 Å². The van der Waals surface area contributed by atoms with Gasteiger partial charge in [-0.1, -0.05) is 42.5 Å².